The van der Waals surface area contributed by atoms with Crippen molar-refractivity contribution in [2.45, 2.75) is 19.8 Å². The number of nitrogens with zero attached hydrogens (tertiary/aromatic N) is 1. The van der Waals surface area contributed by atoms with E-state index >= 15 is 0 Å². The van der Waals surface area contributed by atoms with Crippen molar-refractivity contribution in [2.24, 2.45) is 11.0 Å². The molecule has 4 rings (SSSR count). The van der Waals surface area contributed by atoms with Crippen LogP contribution in [0.1, 0.15) is 35.7 Å². The van der Waals surface area contributed by atoms with Crippen molar-refractivity contribution in [3.63, 3.8) is 0 Å². The Kier molecular flexibility index (Phi) is 5.70. The Morgan fingerprint density at radius 3 is 2.23 bits per heavy atom. The third-order valence-electron chi connectivity index (χ3n) is 5.08. The van der Waals surface area contributed by atoms with Crippen LogP contribution in [-0.4, -0.2) is 17.5 Å². The van der Waals surface area contributed by atoms with Crippen molar-refractivity contribution < 1.29 is 9.59 Å². The van der Waals surface area contributed by atoms with Crippen molar-refractivity contribution in [1.29, 1.82) is 0 Å². The highest BCUT2D eigenvalue weighted by Crippen LogP contribution is 2.30. The third-order valence-corrected chi connectivity index (χ3v) is 5.08. The Hall–Kier alpha value is -3.73. The van der Waals surface area contributed by atoms with Gasteiger partial charge in [0.2, 0.25) is 5.91 Å². The van der Waals surface area contributed by atoms with Gasteiger partial charge < -0.3 is 5.32 Å². The average Bonchev–Trinajstić information content (AvgIpc) is 3.64. The molecule has 5 nitrogen and oxygen atoms in total. The molecule has 150 valence electrons. The summed E-state index contributed by atoms with van der Waals surface area (Å²) in [6, 6.07) is 24.9. The first-order valence-electron chi connectivity index (χ1n) is 10.0. The van der Waals surface area contributed by atoms with Gasteiger partial charge in [0.15, 0.2) is 0 Å². The number of benzene rings is 3. The minimum atomic E-state index is -0.271. The van der Waals surface area contributed by atoms with E-state index in [2.05, 4.69) is 15.8 Å². The van der Waals surface area contributed by atoms with Gasteiger partial charge in [0.05, 0.1) is 5.71 Å². The van der Waals surface area contributed by atoms with Gasteiger partial charge in [-0.05, 0) is 60.7 Å². The topological polar surface area (TPSA) is 70.6 Å². The van der Waals surface area contributed by atoms with Crippen molar-refractivity contribution in [2.75, 3.05) is 5.32 Å². The quantitative estimate of drug-likeness (QED) is 0.461. The second-order valence-corrected chi connectivity index (χ2v) is 7.43. The molecule has 2 amide bonds. The summed E-state index contributed by atoms with van der Waals surface area (Å²) < 4.78 is 0. The van der Waals surface area contributed by atoms with E-state index in [1.807, 2.05) is 73.7 Å². The molecule has 3 aromatic rings. The third kappa shape index (κ3) is 4.81. The molecule has 0 spiro atoms. The van der Waals surface area contributed by atoms with Gasteiger partial charge >= 0.3 is 0 Å². The van der Waals surface area contributed by atoms with Crippen LogP contribution < -0.4 is 10.7 Å². The lowest BCUT2D eigenvalue weighted by Crippen LogP contribution is -2.19. The molecule has 0 atom stereocenters. The lowest BCUT2D eigenvalue weighted by atomic mass is 10.0. The molecule has 3 aromatic carbocycles. The van der Waals surface area contributed by atoms with Crippen LogP contribution in [-0.2, 0) is 4.79 Å². The maximum atomic E-state index is 12.4. The van der Waals surface area contributed by atoms with Gasteiger partial charge in [-0.1, -0.05) is 54.6 Å². The smallest absolute Gasteiger partial charge is 0.271 e. The number of amides is 2. The van der Waals surface area contributed by atoms with E-state index in [9.17, 15) is 9.59 Å². The zero-order valence-electron chi connectivity index (χ0n) is 16.8. The largest absolute Gasteiger partial charge is 0.326 e. The van der Waals surface area contributed by atoms with Crippen LogP contribution in [0.15, 0.2) is 84.0 Å². The van der Waals surface area contributed by atoms with E-state index in [1.54, 1.807) is 12.1 Å². The van der Waals surface area contributed by atoms with Gasteiger partial charge in [-0.2, -0.15) is 5.10 Å². The number of carbonyl (C=O) groups excluding carboxylic acids is 2. The minimum Gasteiger partial charge on any atom is -0.326 e. The Bertz CT molecular complexity index is 1080. The number of hydrogen-bond acceptors (Lipinski definition) is 3. The van der Waals surface area contributed by atoms with Crippen LogP contribution in [0.2, 0.25) is 0 Å². The number of hydrogen-bond donors (Lipinski definition) is 2. The number of rotatable bonds is 6. The molecule has 0 saturated heterocycles. The fourth-order valence-electron chi connectivity index (χ4n) is 3.12. The molecule has 0 unspecified atom stereocenters. The van der Waals surface area contributed by atoms with E-state index < -0.39 is 0 Å². The summed E-state index contributed by atoms with van der Waals surface area (Å²) in [4.78, 5) is 24.4. The number of nitrogens with one attached hydrogen (secondary N) is 2. The summed E-state index contributed by atoms with van der Waals surface area (Å²) >= 11 is 0. The predicted octanol–water partition coefficient (Wildman–Crippen LogP) is 4.86. The SMILES string of the molecule is CC(=NNC(=O)c1ccc(-c2ccccc2)cc1)c1cccc(NC(=O)C2CC2)c1. The van der Waals surface area contributed by atoms with Crippen LogP contribution in [0.25, 0.3) is 11.1 Å². The summed E-state index contributed by atoms with van der Waals surface area (Å²) in [5, 5.41) is 7.15. The maximum absolute atomic E-state index is 12.4. The average molecular weight is 397 g/mol. The molecular weight excluding hydrogens is 374 g/mol. The first kappa shape index (κ1) is 19.6. The summed E-state index contributed by atoms with van der Waals surface area (Å²) in [7, 11) is 0. The van der Waals surface area contributed by atoms with Crippen LogP contribution >= 0.6 is 0 Å². The fourth-order valence-corrected chi connectivity index (χ4v) is 3.12. The molecule has 0 aliphatic heterocycles. The Morgan fingerprint density at radius 1 is 0.833 bits per heavy atom. The van der Waals surface area contributed by atoms with Crippen LogP contribution in [0, 0.1) is 5.92 Å². The van der Waals surface area contributed by atoms with Crippen LogP contribution in [0.4, 0.5) is 5.69 Å². The number of carbonyl (C=O) groups is 2. The van der Waals surface area contributed by atoms with E-state index in [-0.39, 0.29) is 17.7 Å². The summed E-state index contributed by atoms with van der Waals surface area (Å²) in [6.07, 6.45) is 1.93. The molecule has 0 heterocycles. The van der Waals surface area contributed by atoms with Crippen LogP contribution in [0.5, 0.6) is 0 Å². The summed E-state index contributed by atoms with van der Waals surface area (Å²) in [5.41, 5.74) is 7.53. The van der Waals surface area contributed by atoms with Crippen LogP contribution in [0.3, 0.4) is 0 Å². The molecule has 0 bridgehead atoms. The highest BCUT2D eigenvalue weighted by atomic mass is 16.2. The fraction of sp³-hybridized carbons (Fsp3) is 0.160. The van der Waals surface area contributed by atoms with Gasteiger partial charge in [0, 0.05) is 17.2 Å². The second-order valence-electron chi connectivity index (χ2n) is 7.43. The van der Waals surface area contributed by atoms with Crippen molar-refractivity contribution in [3.05, 3.63) is 90.0 Å². The number of anilines is 1. The van der Waals surface area contributed by atoms with E-state index in [1.165, 1.54) is 0 Å². The van der Waals surface area contributed by atoms with E-state index in [4.69, 9.17) is 0 Å². The van der Waals surface area contributed by atoms with Gasteiger partial charge in [-0.3, -0.25) is 9.59 Å². The second kappa shape index (κ2) is 8.74. The molecule has 0 aromatic heterocycles. The van der Waals surface area contributed by atoms with Gasteiger partial charge in [-0.25, -0.2) is 5.43 Å². The van der Waals surface area contributed by atoms with Gasteiger partial charge in [0.1, 0.15) is 0 Å². The normalized spacial score (nSPS) is 13.6. The molecular formula is C25H23N3O2. The van der Waals surface area contributed by atoms with Crippen molar-refractivity contribution in [1.82, 2.24) is 5.43 Å². The molecule has 30 heavy (non-hydrogen) atoms. The lowest BCUT2D eigenvalue weighted by Gasteiger charge is -2.08. The molecule has 1 saturated carbocycles. The molecule has 0 radical (unpaired) electrons. The van der Waals surface area contributed by atoms with E-state index in [0.717, 1.165) is 35.2 Å². The maximum Gasteiger partial charge on any atom is 0.271 e. The van der Waals surface area contributed by atoms with Crippen molar-refractivity contribution in [3.8, 4) is 11.1 Å². The number of hydrazone groups is 1. The molecule has 1 aliphatic carbocycles. The molecule has 1 fully saturated rings. The molecule has 2 N–H and O–H groups in total. The highest BCUT2D eigenvalue weighted by Gasteiger charge is 2.29. The van der Waals surface area contributed by atoms with Gasteiger partial charge in [0.25, 0.3) is 5.91 Å². The zero-order valence-corrected chi connectivity index (χ0v) is 16.8. The standard InChI is InChI=1S/C25H23N3O2/c1-17(22-8-5-9-23(16-22)26-24(29)20-14-15-20)27-28-25(30)21-12-10-19(11-13-21)18-6-3-2-4-7-18/h2-13,16,20H,14-15H2,1H3,(H,26,29)(H,28,30). The zero-order chi connectivity index (χ0) is 20.9. The molecule has 5 heteroatoms. The summed E-state index contributed by atoms with van der Waals surface area (Å²) in [6.45, 7) is 1.82. The van der Waals surface area contributed by atoms with Gasteiger partial charge in [-0.15, -0.1) is 0 Å². The minimum absolute atomic E-state index is 0.0639. The predicted molar refractivity (Wildman–Crippen MR) is 119 cm³/mol. The Morgan fingerprint density at radius 2 is 1.53 bits per heavy atom. The van der Waals surface area contributed by atoms with E-state index in [0.29, 0.717) is 11.3 Å². The van der Waals surface area contributed by atoms with Crippen molar-refractivity contribution >= 4 is 23.2 Å². The lowest BCUT2D eigenvalue weighted by molar-refractivity contribution is -0.117. The monoisotopic (exact) mass is 397 g/mol. The first-order chi connectivity index (χ1) is 14.6. The summed E-state index contributed by atoms with van der Waals surface area (Å²) in [5.74, 6) is -0.0582. The molecule has 1 aliphatic rings. The first-order valence-corrected chi connectivity index (χ1v) is 10.0. The Balaban J connectivity index is 1.40. The Labute approximate surface area is 175 Å². The highest BCUT2D eigenvalue weighted by molar-refractivity contribution is 6.02.